The second-order valence-electron chi connectivity index (χ2n) is 4.90. The molecule has 112 valence electrons. The van der Waals surface area contributed by atoms with Crippen molar-refractivity contribution in [2.24, 2.45) is 0 Å². The van der Waals surface area contributed by atoms with Crippen LogP contribution in [-0.4, -0.2) is 15.7 Å². The SMILES string of the molecule is O=C(NO)c1ccc(Cn2ccc3cc(Cl)ccc32)cc1F. The lowest BCUT2D eigenvalue weighted by molar-refractivity contribution is 0.0702. The highest BCUT2D eigenvalue weighted by atomic mass is 35.5. The average molecular weight is 319 g/mol. The highest BCUT2D eigenvalue weighted by Gasteiger charge is 2.11. The van der Waals surface area contributed by atoms with E-state index in [-0.39, 0.29) is 5.56 Å². The van der Waals surface area contributed by atoms with Crippen LogP contribution >= 0.6 is 11.6 Å². The van der Waals surface area contributed by atoms with Gasteiger partial charge in [0.25, 0.3) is 5.91 Å². The Kier molecular flexibility index (Phi) is 3.83. The van der Waals surface area contributed by atoms with Crippen molar-refractivity contribution in [3.63, 3.8) is 0 Å². The number of carbonyl (C=O) groups excluding carboxylic acids is 1. The van der Waals surface area contributed by atoms with Gasteiger partial charge in [-0.2, -0.15) is 0 Å². The minimum atomic E-state index is -0.870. The molecule has 0 spiro atoms. The molecule has 0 radical (unpaired) electrons. The number of aromatic nitrogens is 1. The number of fused-ring (bicyclic) bond motifs is 1. The number of nitrogens with zero attached hydrogens (tertiary/aromatic N) is 1. The summed E-state index contributed by atoms with van der Waals surface area (Å²) in [5.41, 5.74) is 2.92. The maximum atomic E-state index is 13.9. The molecule has 3 rings (SSSR count). The van der Waals surface area contributed by atoms with E-state index in [2.05, 4.69) is 0 Å². The van der Waals surface area contributed by atoms with E-state index in [1.54, 1.807) is 12.1 Å². The van der Waals surface area contributed by atoms with Crippen molar-refractivity contribution in [3.8, 4) is 0 Å². The fourth-order valence-corrected chi connectivity index (χ4v) is 2.59. The number of halogens is 2. The van der Waals surface area contributed by atoms with E-state index in [0.29, 0.717) is 17.1 Å². The van der Waals surface area contributed by atoms with Gasteiger partial charge in [-0.15, -0.1) is 0 Å². The van der Waals surface area contributed by atoms with Crippen LogP contribution in [0, 0.1) is 5.82 Å². The van der Waals surface area contributed by atoms with E-state index >= 15 is 0 Å². The molecule has 0 aliphatic carbocycles. The lowest BCUT2D eigenvalue weighted by atomic mass is 10.1. The number of hydrogen-bond acceptors (Lipinski definition) is 2. The minimum absolute atomic E-state index is 0.199. The highest BCUT2D eigenvalue weighted by Crippen LogP contribution is 2.22. The molecule has 0 saturated carbocycles. The van der Waals surface area contributed by atoms with E-state index in [0.717, 1.165) is 10.9 Å². The lowest BCUT2D eigenvalue weighted by Gasteiger charge is -2.08. The molecular formula is C16H12ClFN2O2. The predicted octanol–water partition coefficient (Wildman–Crippen LogP) is 3.60. The Bertz CT molecular complexity index is 860. The van der Waals surface area contributed by atoms with Crippen LogP contribution < -0.4 is 5.48 Å². The van der Waals surface area contributed by atoms with Crippen LogP contribution in [0.5, 0.6) is 0 Å². The molecule has 1 heterocycles. The Morgan fingerprint density at radius 2 is 2.05 bits per heavy atom. The molecular weight excluding hydrogens is 307 g/mol. The van der Waals surface area contributed by atoms with Gasteiger partial charge in [0.1, 0.15) is 5.82 Å². The maximum absolute atomic E-state index is 13.9. The Balaban J connectivity index is 1.92. The topological polar surface area (TPSA) is 54.3 Å². The van der Waals surface area contributed by atoms with Crippen LogP contribution in [0.3, 0.4) is 0 Å². The summed E-state index contributed by atoms with van der Waals surface area (Å²) in [6, 6.07) is 11.8. The first-order valence-corrected chi connectivity index (χ1v) is 6.93. The number of hydrogen-bond donors (Lipinski definition) is 2. The minimum Gasteiger partial charge on any atom is -0.343 e. The van der Waals surface area contributed by atoms with Crippen molar-refractivity contribution in [1.29, 1.82) is 0 Å². The van der Waals surface area contributed by atoms with Crippen LogP contribution in [0.4, 0.5) is 4.39 Å². The molecule has 0 saturated heterocycles. The average Bonchev–Trinajstić information content (AvgIpc) is 2.89. The molecule has 0 unspecified atom stereocenters. The zero-order valence-electron chi connectivity index (χ0n) is 11.4. The van der Waals surface area contributed by atoms with Crippen molar-refractivity contribution in [2.75, 3.05) is 0 Å². The van der Waals surface area contributed by atoms with Gasteiger partial charge < -0.3 is 4.57 Å². The second kappa shape index (κ2) is 5.79. The first kappa shape index (κ1) is 14.6. The van der Waals surface area contributed by atoms with Gasteiger partial charge in [-0.25, -0.2) is 9.87 Å². The molecule has 4 nitrogen and oxygen atoms in total. The van der Waals surface area contributed by atoms with Gasteiger partial charge in [-0.1, -0.05) is 17.7 Å². The summed E-state index contributed by atoms with van der Waals surface area (Å²) in [4.78, 5) is 11.3. The Morgan fingerprint density at radius 1 is 1.23 bits per heavy atom. The lowest BCUT2D eigenvalue weighted by Crippen LogP contribution is -2.20. The molecule has 1 amide bonds. The number of benzene rings is 2. The third-order valence-electron chi connectivity index (χ3n) is 3.47. The Morgan fingerprint density at radius 3 is 2.77 bits per heavy atom. The third-order valence-corrected chi connectivity index (χ3v) is 3.70. The van der Waals surface area contributed by atoms with E-state index in [1.807, 2.05) is 29.0 Å². The molecule has 0 aliphatic heterocycles. The standard InChI is InChI=1S/C16H12ClFN2O2/c17-12-2-4-15-11(8-12)5-6-20(15)9-10-1-3-13(14(18)7-10)16(21)19-22/h1-8,22H,9H2,(H,19,21). The first-order chi connectivity index (χ1) is 10.6. The number of carbonyl (C=O) groups is 1. The Hall–Kier alpha value is -2.37. The van der Waals surface area contributed by atoms with E-state index in [4.69, 9.17) is 16.8 Å². The molecule has 1 aromatic heterocycles. The molecule has 0 atom stereocenters. The molecule has 0 fully saturated rings. The number of hydroxylamine groups is 1. The third kappa shape index (κ3) is 2.68. The van der Waals surface area contributed by atoms with Gasteiger partial charge in [-0.05, 0) is 42.0 Å². The normalized spacial score (nSPS) is 10.9. The summed E-state index contributed by atoms with van der Waals surface area (Å²) in [6.45, 7) is 0.461. The van der Waals surface area contributed by atoms with Gasteiger partial charge in [0.05, 0.1) is 5.56 Å². The first-order valence-electron chi connectivity index (χ1n) is 6.56. The Labute approximate surface area is 130 Å². The fraction of sp³-hybridized carbons (Fsp3) is 0.0625. The van der Waals surface area contributed by atoms with Crippen molar-refractivity contribution in [2.45, 2.75) is 6.54 Å². The number of rotatable bonds is 3. The van der Waals surface area contributed by atoms with E-state index < -0.39 is 11.7 Å². The smallest absolute Gasteiger partial charge is 0.277 e. The zero-order valence-corrected chi connectivity index (χ0v) is 12.1. The molecule has 2 N–H and O–H groups in total. The van der Waals surface area contributed by atoms with Crippen LogP contribution in [0.15, 0.2) is 48.7 Å². The molecule has 2 aromatic carbocycles. The van der Waals surface area contributed by atoms with E-state index in [1.165, 1.54) is 17.6 Å². The summed E-state index contributed by atoms with van der Waals surface area (Å²) < 4.78 is 15.8. The second-order valence-corrected chi connectivity index (χ2v) is 5.34. The van der Waals surface area contributed by atoms with Crippen molar-refractivity contribution in [1.82, 2.24) is 10.0 Å². The van der Waals surface area contributed by atoms with Crippen LogP contribution in [0.2, 0.25) is 5.02 Å². The van der Waals surface area contributed by atoms with Gasteiger partial charge in [0.2, 0.25) is 0 Å². The van der Waals surface area contributed by atoms with Gasteiger partial charge >= 0.3 is 0 Å². The molecule has 0 bridgehead atoms. The summed E-state index contributed by atoms with van der Waals surface area (Å²) >= 11 is 5.95. The van der Waals surface area contributed by atoms with E-state index in [9.17, 15) is 9.18 Å². The molecule has 3 aromatic rings. The fourth-order valence-electron chi connectivity index (χ4n) is 2.41. The monoisotopic (exact) mass is 318 g/mol. The van der Waals surface area contributed by atoms with Gasteiger partial charge in [-0.3, -0.25) is 10.0 Å². The van der Waals surface area contributed by atoms with Gasteiger partial charge in [0.15, 0.2) is 0 Å². The summed E-state index contributed by atoms with van der Waals surface area (Å²) in [6.07, 6.45) is 1.90. The van der Waals surface area contributed by atoms with Gasteiger partial charge in [0, 0.05) is 28.7 Å². The maximum Gasteiger partial charge on any atom is 0.277 e. The molecule has 6 heteroatoms. The van der Waals surface area contributed by atoms with Crippen molar-refractivity contribution in [3.05, 3.63) is 70.6 Å². The molecule has 0 aliphatic rings. The summed E-state index contributed by atoms with van der Waals surface area (Å²) in [7, 11) is 0. The predicted molar refractivity (Wildman–Crippen MR) is 81.7 cm³/mol. The van der Waals surface area contributed by atoms with Crippen LogP contribution in [-0.2, 0) is 6.54 Å². The summed E-state index contributed by atoms with van der Waals surface area (Å²) in [5, 5.41) is 10.2. The van der Waals surface area contributed by atoms with Crippen molar-refractivity contribution >= 4 is 28.4 Å². The quantitative estimate of drug-likeness (QED) is 0.572. The zero-order chi connectivity index (χ0) is 15.7. The van der Waals surface area contributed by atoms with Crippen LogP contribution in [0.1, 0.15) is 15.9 Å². The number of amides is 1. The highest BCUT2D eigenvalue weighted by molar-refractivity contribution is 6.31. The summed E-state index contributed by atoms with van der Waals surface area (Å²) in [5.74, 6) is -1.55. The van der Waals surface area contributed by atoms with Crippen molar-refractivity contribution < 1.29 is 14.4 Å². The largest absolute Gasteiger partial charge is 0.343 e. The molecule has 22 heavy (non-hydrogen) atoms. The number of nitrogens with one attached hydrogen (secondary N) is 1. The van der Waals surface area contributed by atoms with Crippen LogP contribution in [0.25, 0.3) is 10.9 Å².